The number of β-amino-alcohol motifs (C(OH)–C–C–N with tert-alkyl or cyclic N) is 1. The van der Waals surface area contributed by atoms with Crippen LogP contribution in [-0.4, -0.2) is 52.8 Å². The van der Waals surface area contributed by atoms with E-state index in [-0.39, 0.29) is 36.7 Å². The first-order valence-electron chi connectivity index (χ1n) is 8.93. The summed E-state index contributed by atoms with van der Waals surface area (Å²) in [6.07, 6.45) is -0.614. The van der Waals surface area contributed by atoms with Crippen molar-refractivity contribution < 1.29 is 37.8 Å². The molecule has 2 aromatic rings. The van der Waals surface area contributed by atoms with Crippen molar-refractivity contribution in [3.8, 4) is 5.75 Å². The summed E-state index contributed by atoms with van der Waals surface area (Å²) in [5, 5.41) is 25.6. The molecule has 0 unspecified atom stereocenters. The van der Waals surface area contributed by atoms with E-state index in [4.69, 9.17) is 9.94 Å². The van der Waals surface area contributed by atoms with Gasteiger partial charge in [0.1, 0.15) is 24.2 Å². The van der Waals surface area contributed by atoms with Crippen LogP contribution in [0.2, 0.25) is 0 Å². The molecular weight excluding hydrogens is 419 g/mol. The molecule has 0 aromatic heterocycles. The molecular formula is C19H23FN2O7S. The fourth-order valence-electron chi connectivity index (χ4n) is 3.02. The summed E-state index contributed by atoms with van der Waals surface area (Å²) in [5.41, 5.74) is 0.754. The van der Waals surface area contributed by atoms with Crippen LogP contribution in [0.1, 0.15) is 18.4 Å². The second kappa shape index (κ2) is 10.5. The maximum Gasteiger partial charge on any atom is 0.322 e. The number of nitrogens with zero attached hydrogens (tertiary/aromatic N) is 1. The van der Waals surface area contributed by atoms with E-state index in [2.05, 4.69) is 5.90 Å². The van der Waals surface area contributed by atoms with Gasteiger partial charge in [0.15, 0.2) is 0 Å². The van der Waals surface area contributed by atoms with E-state index < -0.39 is 28.1 Å². The van der Waals surface area contributed by atoms with E-state index in [1.165, 1.54) is 36.4 Å². The Balaban J connectivity index is 0.00000155. The first-order valence-corrected chi connectivity index (χ1v) is 10.4. The number of nitrogens with two attached hydrogens (primary N) is 1. The predicted molar refractivity (Wildman–Crippen MR) is 104 cm³/mol. The van der Waals surface area contributed by atoms with Crippen LogP contribution in [0.25, 0.3) is 0 Å². The van der Waals surface area contributed by atoms with Crippen molar-refractivity contribution in [1.29, 1.82) is 0 Å². The number of ether oxygens (including phenoxy) is 1. The van der Waals surface area contributed by atoms with Crippen molar-refractivity contribution in [2.75, 3.05) is 6.54 Å². The number of carbonyl (C=O) groups is 1. The molecule has 0 bridgehead atoms. The maximum absolute atomic E-state index is 12.9. The molecule has 9 nitrogen and oxygen atoms in total. The number of carboxylic acids is 1. The van der Waals surface area contributed by atoms with E-state index >= 15 is 0 Å². The number of aliphatic hydroxyl groups excluding tert-OH is 1. The monoisotopic (exact) mass is 442 g/mol. The highest BCUT2D eigenvalue weighted by Gasteiger charge is 2.40. The highest BCUT2D eigenvalue weighted by atomic mass is 32.2. The van der Waals surface area contributed by atoms with Gasteiger partial charge in [0.25, 0.3) is 0 Å². The standard InChI is InChI=1S/C19H20FNO6S.H3NO/c20-14-3-1-13(2-4-14)12-27-16-6-8-17(9-7-16)28(25,26)21-11-15(22)5-10-18(21)19(23)24;1-2/h1-4,6-9,15,18,22H,5,10-12H2,(H,23,24);2H,1H2/t15-,18+;/m0./s1. The Morgan fingerprint density at radius 3 is 2.27 bits per heavy atom. The first-order chi connectivity index (χ1) is 14.3. The van der Waals surface area contributed by atoms with Crippen molar-refractivity contribution in [1.82, 2.24) is 4.31 Å². The lowest BCUT2D eigenvalue weighted by atomic mass is 10.0. The van der Waals surface area contributed by atoms with Crippen LogP contribution in [-0.2, 0) is 21.4 Å². The molecule has 2 aromatic carbocycles. The average Bonchev–Trinajstić information content (AvgIpc) is 2.75. The lowest BCUT2D eigenvalue weighted by Gasteiger charge is -2.34. The van der Waals surface area contributed by atoms with Gasteiger partial charge in [0, 0.05) is 6.54 Å². The van der Waals surface area contributed by atoms with Crippen molar-refractivity contribution in [3.63, 3.8) is 0 Å². The number of hydrogen-bond acceptors (Lipinski definition) is 7. The van der Waals surface area contributed by atoms with Gasteiger partial charge in [0.05, 0.1) is 11.0 Å². The highest BCUT2D eigenvalue weighted by molar-refractivity contribution is 7.89. The van der Waals surface area contributed by atoms with Gasteiger partial charge in [-0.2, -0.15) is 4.31 Å². The molecule has 0 amide bonds. The third kappa shape index (κ3) is 5.74. The minimum Gasteiger partial charge on any atom is -0.489 e. The van der Waals surface area contributed by atoms with Gasteiger partial charge in [-0.25, -0.2) is 18.7 Å². The average molecular weight is 442 g/mol. The number of sulfonamides is 1. The third-order valence-electron chi connectivity index (χ3n) is 4.55. The maximum atomic E-state index is 12.9. The number of aliphatic hydroxyl groups is 1. The van der Waals surface area contributed by atoms with E-state index in [0.29, 0.717) is 5.75 Å². The lowest BCUT2D eigenvalue weighted by molar-refractivity contribution is -0.143. The van der Waals surface area contributed by atoms with Gasteiger partial charge in [-0.1, -0.05) is 12.1 Å². The molecule has 0 saturated carbocycles. The van der Waals surface area contributed by atoms with Crippen LogP contribution in [0.5, 0.6) is 5.75 Å². The Morgan fingerprint density at radius 1 is 1.10 bits per heavy atom. The van der Waals surface area contributed by atoms with Gasteiger partial charge < -0.3 is 20.2 Å². The zero-order valence-corrected chi connectivity index (χ0v) is 16.7. The largest absolute Gasteiger partial charge is 0.489 e. The number of rotatable bonds is 6. The molecule has 2 atom stereocenters. The summed E-state index contributed by atoms with van der Waals surface area (Å²) >= 11 is 0. The SMILES string of the molecule is NO.O=C(O)[C@H]1CC[C@H](O)CN1S(=O)(=O)c1ccc(OCc2ccc(F)cc2)cc1. The number of piperidine rings is 1. The molecule has 1 aliphatic heterocycles. The smallest absolute Gasteiger partial charge is 0.322 e. The summed E-state index contributed by atoms with van der Waals surface area (Å²) in [4.78, 5) is 11.3. The first kappa shape index (κ1) is 23.7. The quantitative estimate of drug-likeness (QED) is 0.490. The number of benzene rings is 2. The van der Waals surface area contributed by atoms with Gasteiger partial charge in [0.2, 0.25) is 10.0 Å². The summed E-state index contributed by atoms with van der Waals surface area (Å²) < 4.78 is 45.0. The molecule has 0 spiro atoms. The van der Waals surface area contributed by atoms with Crippen molar-refractivity contribution in [2.24, 2.45) is 5.90 Å². The normalized spacial score (nSPS) is 19.5. The van der Waals surface area contributed by atoms with Gasteiger partial charge >= 0.3 is 5.97 Å². The number of halogens is 1. The van der Waals surface area contributed by atoms with Crippen molar-refractivity contribution >= 4 is 16.0 Å². The summed E-state index contributed by atoms with van der Waals surface area (Å²) in [6, 6.07) is 10.2. The zero-order valence-electron chi connectivity index (χ0n) is 15.9. The fourth-order valence-corrected chi connectivity index (χ4v) is 4.67. The van der Waals surface area contributed by atoms with E-state index in [0.717, 1.165) is 9.87 Å². The number of aliphatic carboxylic acids is 1. The minimum absolute atomic E-state index is 0.0502. The number of hydrogen-bond donors (Lipinski definition) is 4. The predicted octanol–water partition coefficient (Wildman–Crippen LogP) is 1.34. The van der Waals surface area contributed by atoms with Crippen molar-refractivity contribution in [2.45, 2.75) is 36.5 Å². The Hall–Kier alpha value is -2.57. The van der Waals surface area contributed by atoms with Crippen LogP contribution in [0.15, 0.2) is 53.4 Å². The molecule has 0 radical (unpaired) electrons. The minimum atomic E-state index is -4.08. The topological polar surface area (TPSA) is 150 Å². The van der Waals surface area contributed by atoms with Crippen LogP contribution < -0.4 is 10.6 Å². The Labute approximate surface area is 173 Å². The highest BCUT2D eigenvalue weighted by Crippen LogP contribution is 2.27. The van der Waals surface area contributed by atoms with Crippen LogP contribution in [0.3, 0.4) is 0 Å². The third-order valence-corrected chi connectivity index (χ3v) is 6.43. The molecule has 1 saturated heterocycles. The molecule has 0 aliphatic carbocycles. The van der Waals surface area contributed by atoms with Crippen LogP contribution in [0, 0.1) is 5.82 Å². The molecule has 164 valence electrons. The Kier molecular flexibility index (Phi) is 8.26. The summed E-state index contributed by atoms with van der Waals surface area (Å²) in [6.45, 7) is -0.0755. The van der Waals surface area contributed by atoms with Gasteiger partial charge in [-0.05, 0) is 54.8 Å². The molecule has 1 aliphatic rings. The van der Waals surface area contributed by atoms with Crippen LogP contribution >= 0.6 is 0 Å². The number of carboxylic acid groups (broad SMARTS) is 1. The molecule has 30 heavy (non-hydrogen) atoms. The van der Waals surface area contributed by atoms with Gasteiger partial charge in [-0.15, -0.1) is 0 Å². The summed E-state index contributed by atoms with van der Waals surface area (Å²) in [7, 11) is -4.08. The van der Waals surface area contributed by atoms with E-state index in [9.17, 15) is 27.8 Å². The van der Waals surface area contributed by atoms with E-state index in [1.807, 2.05) is 0 Å². The van der Waals surface area contributed by atoms with Crippen LogP contribution in [0.4, 0.5) is 4.39 Å². The Bertz CT molecular complexity index is 936. The fraction of sp³-hybridized carbons (Fsp3) is 0.316. The van der Waals surface area contributed by atoms with Crippen molar-refractivity contribution in [3.05, 3.63) is 59.9 Å². The second-order valence-electron chi connectivity index (χ2n) is 6.55. The molecule has 1 heterocycles. The Morgan fingerprint density at radius 2 is 1.70 bits per heavy atom. The van der Waals surface area contributed by atoms with E-state index in [1.54, 1.807) is 12.1 Å². The second-order valence-corrected chi connectivity index (χ2v) is 8.44. The van der Waals surface area contributed by atoms with Gasteiger partial charge in [-0.3, -0.25) is 4.79 Å². The molecule has 1 fully saturated rings. The lowest BCUT2D eigenvalue weighted by Crippen LogP contribution is -2.51. The molecule has 3 rings (SSSR count). The zero-order chi connectivity index (χ0) is 22.3. The molecule has 5 N–H and O–H groups in total. The molecule has 11 heteroatoms. The summed E-state index contributed by atoms with van der Waals surface area (Å²) in [5.74, 6) is 2.33.